The molecule has 0 aromatic heterocycles. The molecule has 2 aliphatic rings. The lowest BCUT2D eigenvalue weighted by Gasteiger charge is -2.17. The van der Waals surface area contributed by atoms with Gasteiger partial charge in [0.25, 0.3) is 17.1 Å². The van der Waals surface area contributed by atoms with E-state index in [2.05, 4.69) is 0 Å². The van der Waals surface area contributed by atoms with Crippen molar-refractivity contribution in [1.29, 1.82) is 0 Å². The highest BCUT2D eigenvalue weighted by atomic mass is 35.5. The van der Waals surface area contributed by atoms with Crippen LogP contribution in [0.1, 0.15) is 11.1 Å². The predicted octanol–water partition coefficient (Wildman–Crippen LogP) is 5.04. The summed E-state index contributed by atoms with van der Waals surface area (Å²) in [7, 11) is 0. The Hall–Kier alpha value is -3.88. The van der Waals surface area contributed by atoms with E-state index in [0.29, 0.717) is 32.9 Å². The average molecular weight is 505 g/mol. The van der Waals surface area contributed by atoms with Crippen molar-refractivity contribution in [1.82, 2.24) is 4.90 Å². The van der Waals surface area contributed by atoms with Crippen molar-refractivity contribution in [3.8, 4) is 11.1 Å². The predicted molar refractivity (Wildman–Crippen MR) is 134 cm³/mol. The quantitative estimate of drug-likeness (QED) is 0.489. The van der Waals surface area contributed by atoms with E-state index in [9.17, 15) is 19.2 Å². The monoisotopic (exact) mass is 504 g/mol. The second-order valence-corrected chi connectivity index (χ2v) is 9.37. The van der Waals surface area contributed by atoms with E-state index in [1.54, 1.807) is 17.0 Å². The zero-order chi connectivity index (χ0) is 24.7. The lowest BCUT2D eigenvalue weighted by molar-refractivity contribution is -0.140. The molecule has 7 nitrogen and oxygen atoms in total. The minimum atomic E-state index is -1.31. The molecule has 0 spiro atoms. The van der Waals surface area contributed by atoms with Crippen LogP contribution in [0.5, 0.6) is 0 Å². The first-order valence-corrected chi connectivity index (χ1v) is 11.8. The molecule has 3 aromatic rings. The maximum atomic E-state index is 13.7. The highest BCUT2D eigenvalue weighted by Gasteiger charge is 2.44. The molecular formula is C26H17ClN2O5S. The van der Waals surface area contributed by atoms with Gasteiger partial charge in [-0.15, -0.1) is 0 Å². The van der Waals surface area contributed by atoms with Crippen LogP contribution in [0.2, 0.25) is 5.02 Å². The first kappa shape index (κ1) is 22.9. The highest BCUT2D eigenvalue weighted by molar-refractivity contribution is 8.18. The van der Waals surface area contributed by atoms with Crippen LogP contribution in [0.4, 0.5) is 10.5 Å². The number of hydrogen-bond acceptors (Lipinski definition) is 5. The first-order valence-electron chi connectivity index (χ1n) is 10.6. The van der Waals surface area contributed by atoms with Gasteiger partial charge in [-0.25, -0.2) is 0 Å². The third kappa shape index (κ3) is 4.22. The Kier molecular flexibility index (Phi) is 5.92. The number of imide groups is 1. The van der Waals surface area contributed by atoms with Crippen molar-refractivity contribution in [3.05, 3.63) is 93.9 Å². The molecule has 0 atom stereocenters. The molecule has 35 heavy (non-hydrogen) atoms. The Bertz CT molecular complexity index is 1420. The molecule has 2 aliphatic heterocycles. The molecule has 0 unspecified atom stereocenters. The molecule has 2 heterocycles. The molecule has 1 fully saturated rings. The second kappa shape index (κ2) is 9.05. The van der Waals surface area contributed by atoms with E-state index in [1.807, 2.05) is 60.7 Å². The standard InChI is InChI=1S/C26H17ClN2O5S/c27-18-9-6-15(7-10-18)13-28-20-11-8-17(16-4-2-1-3-5-16)12-19(20)22(24(28)32)23-25(33)29(14-21(30)31)26(34)35-23/h1-12H,13-14H2,(H,30,31)/b23-22-. The Morgan fingerprint density at radius 1 is 0.857 bits per heavy atom. The molecule has 3 amide bonds. The van der Waals surface area contributed by atoms with E-state index in [-0.39, 0.29) is 17.0 Å². The summed E-state index contributed by atoms with van der Waals surface area (Å²) in [5.74, 6) is -2.52. The Morgan fingerprint density at radius 2 is 1.57 bits per heavy atom. The molecule has 0 saturated carbocycles. The van der Waals surface area contributed by atoms with Gasteiger partial charge in [0.1, 0.15) is 6.54 Å². The summed E-state index contributed by atoms with van der Waals surface area (Å²) in [6.45, 7) is -0.531. The number of rotatable bonds is 5. The number of anilines is 1. The van der Waals surface area contributed by atoms with Crippen LogP contribution in [0.15, 0.2) is 77.7 Å². The lowest BCUT2D eigenvalue weighted by Crippen LogP contribution is -2.33. The second-order valence-electron chi connectivity index (χ2n) is 7.97. The van der Waals surface area contributed by atoms with Crippen LogP contribution >= 0.6 is 23.4 Å². The molecule has 5 rings (SSSR count). The topological polar surface area (TPSA) is 95.0 Å². The largest absolute Gasteiger partial charge is 0.480 e. The van der Waals surface area contributed by atoms with Gasteiger partial charge in [-0.2, -0.15) is 0 Å². The Labute approximate surface area is 209 Å². The van der Waals surface area contributed by atoms with E-state index >= 15 is 0 Å². The number of carbonyl (C=O) groups excluding carboxylic acids is 3. The lowest BCUT2D eigenvalue weighted by atomic mass is 9.99. The van der Waals surface area contributed by atoms with Gasteiger partial charge in [-0.05, 0) is 52.7 Å². The summed E-state index contributed by atoms with van der Waals surface area (Å²) in [6.07, 6.45) is 0. The number of halogens is 1. The number of amides is 3. The van der Waals surface area contributed by atoms with Crippen LogP contribution in [0.25, 0.3) is 16.7 Å². The highest BCUT2D eigenvalue weighted by Crippen LogP contribution is 2.46. The molecule has 0 aliphatic carbocycles. The van der Waals surface area contributed by atoms with Gasteiger partial charge in [0.05, 0.1) is 22.7 Å². The van der Waals surface area contributed by atoms with Crippen LogP contribution in [0, 0.1) is 0 Å². The molecule has 3 aromatic carbocycles. The van der Waals surface area contributed by atoms with Crippen LogP contribution in [-0.2, 0) is 20.9 Å². The van der Waals surface area contributed by atoms with E-state index in [4.69, 9.17) is 16.7 Å². The molecule has 0 radical (unpaired) electrons. The molecule has 1 saturated heterocycles. The van der Waals surface area contributed by atoms with Crippen molar-refractivity contribution in [3.63, 3.8) is 0 Å². The number of aliphatic carboxylic acids is 1. The Balaban J connectivity index is 1.64. The number of hydrogen-bond donors (Lipinski definition) is 1. The van der Waals surface area contributed by atoms with Gasteiger partial charge in [0.2, 0.25) is 0 Å². The van der Waals surface area contributed by atoms with Gasteiger partial charge in [-0.3, -0.25) is 24.1 Å². The number of carboxylic acid groups (broad SMARTS) is 1. The van der Waals surface area contributed by atoms with Gasteiger partial charge in [0.15, 0.2) is 0 Å². The summed E-state index contributed by atoms with van der Waals surface area (Å²) in [5.41, 5.74) is 3.82. The maximum absolute atomic E-state index is 13.7. The fraction of sp³-hybridized carbons (Fsp3) is 0.0769. The SMILES string of the molecule is O=C(O)CN1C(=O)S/C(=C2\C(=O)N(Cc3ccc(Cl)cc3)c3ccc(-c4ccccc4)cc32)C1=O. The summed E-state index contributed by atoms with van der Waals surface area (Å²) >= 11 is 6.58. The third-order valence-corrected chi connectivity index (χ3v) is 6.98. The van der Waals surface area contributed by atoms with Crippen LogP contribution in [0.3, 0.4) is 0 Å². The number of carbonyl (C=O) groups is 4. The fourth-order valence-electron chi connectivity index (χ4n) is 4.11. The molecule has 0 bridgehead atoms. The third-order valence-electron chi connectivity index (χ3n) is 5.75. The molecule has 9 heteroatoms. The fourth-order valence-corrected chi connectivity index (χ4v) is 5.17. The zero-order valence-corrected chi connectivity index (χ0v) is 19.7. The van der Waals surface area contributed by atoms with Gasteiger partial charge in [0, 0.05) is 10.6 Å². The van der Waals surface area contributed by atoms with Crippen molar-refractivity contribution < 1.29 is 24.3 Å². The van der Waals surface area contributed by atoms with E-state index in [1.165, 1.54) is 0 Å². The summed E-state index contributed by atoms with van der Waals surface area (Å²) < 4.78 is 0. The summed E-state index contributed by atoms with van der Waals surface area (Å²) in [5, 5.41) is 8.96. The first-order chi connectivity index (χ1) is 16.8. The number of thioether (sulfide) groups is 1. The van der Waals surface area contributed by atoms with Crippen LogP contribution in [-0.4, -0.2) is 39.6 Å². The summed E-state index contributed by atoms with van der Waals surface area (Å²) in [6, 6.07) is 22.2. The molecule has 1 N–H and O–H groups in total. The summed E-state index contributed by atoms with van der Waals surface area (Å²) in [4.78, 5) is 52.4. The van der Waals surface area contributed by atoms with Crippen molar-refractivity contribution >= 4 is 57.6 Å². The van der Waals surface area contributed by atoms with E-state index in [0.717, 1.165) is 16.7 Å². The van der Waals surface area contributed by atoms with E-state index < -0.39 is 29.6 Å². The van der Waals surface area contributed by atoms with Crippen molar-refractivity contribution in [2.24, 2.45) is 0 Å². The molecular weight excluding hydrogens is 488 g/mol. The zero-order valence-electron chi connectivity index (χ0n) is 18.1. The minimum Gasteiger partial charge on any atom is -0.480 e. The number of nitrogens with zero attached hydrogens (tertiary/aromatic N) is 2. The Morgan fingerprint density at radius 3 is 2.26 bits per heavy atom. The molecule has 174 valence electrons. The number of fused-ring (bicyclic) bond motifs is 1. The van der Waals surface area contributed by atoms with Gasteiger partial charge < -0.3 is 10.0 Å². The van der Waals surface area contributed by atoms with Crippen LogP contribution < -0.4 is 4.90 Å². The minimum absolute atomic E-state index is 0.0636. The maximum Gasteiger partial charge on any atom is 0.323 e. The van der Waals surface area contributed by atoms with Crippen molar-refractivity contribution in [2.45, 2.75) is 6.54 Å². The number of carboxylic acids is 1. The van der Waals surface area contributed by atoms with Gasteiger partial charge in [-0.1, -0.05) is 60.1 Å². The average Bonchev–Trinajstić information content (AvgIpc) is 3.27. The smallest absolute Gasteiger partial charge is 0.323 e. The number of benzene rings is 3. The van der Waals surface area contributed by atoms with Gasteiger partial charge >= 0.3 is 5.97 Å². The normalized spacial score (nSPS) is 17.3. The van der Waals surface area contributed by atoms with Crippen molar-refractivity contribution in [2.75, 3.05) is 11.4 Å².